The van der Waals surface area contributed by atoms with E-state index >= 15 is 0 Å². The first-order valence-corrected chi connectivity index (χ1v) is 9.84. The molecule has 0 spiro atoms. The van der Waals surface area contributed by atoms with Crippen molar-refractivity contribution in [3.8, 4) is 5.75 Å². The second kappa shape index (κ2) is 8.39. The van der Waals surface area contributed by atoms with Gasteiger partial charge >= 0.3 is 0 Å². The minimum absolute atomic E-state index is 0.0784. The molecule has 2 aromatic carbocycles. The maximum absolute atomic E-state index is 12.3. The summed E-state index contributed by atoms with van der Waals surface area (Å²) in [5, 5.41) is 3.71. The normalized spacial score (nSPS) is 18.6. The van der Waals surface area contributed by atoms with Gasteiger partial charge in [-0.1, -0.05) is 49.0 Å². The number of hydrogen-bond donors (Lipinski definition) is 1. The number of thioether (sulfide) groups is 1. The van der Waals surface area contributed by atoms with Crippen LogP contribution in [-0.2, 0) is 4.79 Å². The first kappa shape index (κ1) is 19.2. The highest BCUT2D eigenvalue weighted by Crippen LogP contribution is 2.29. The van der Waals surface area contributed by atoms with Crippen molar-refractivity contribution in [2.24, 2.45) is 9.98 Å². The minimum Gasteiger partial charge on any atom is -0.497 e. The monoisotopic (exact) mass is 381 g/mol. The van der Waals surface area contributed by atoms with E-state index in [0.717, 1.165) is 34.2 Å². The van der Waals surface area contributed by atoms with Gasteiger partial charge in [-0.25, -0.2) is 4.99 Å². The molecule has 0 bridgehead atoms. The number of rotatable bonds is 6. The van der Waals surface area contributed by atoms with Crippen LogP contribution in [0.1, 0.15) is 25.8 Å². The van der Waals surface area contributed by atoms with Crippen molar-refractivity contribution in [2.45, 2.75) is 25.9 Å². The Kier molecular flexibility index (Phi) is 5.96. The quantitative estimate of drug-likeness (QED) is 0.807. The summed E-state index contributed by atoms with van der Waals surface area (Å²) in [5.74, 6) is 0.951. The Hall–Kier alpha value is -2.60. The summed E-state index contributed by atoms with van der Waals surface area (Å²) in [5.41, 5.74) is 2.17. The highest BCUT2D eigenvalue weighted by Gasteiger charge is 2.31. The summed E-state index contributed by atoms with van der Waals surface area (Å²) in [6.07, 6.45) is 0.811. The lowest BCUT2D eigenvalue weighted by atomic mass is 10.1. The largest absolute Gasteiger partial charge is 0.497 e. The maximum atomic E-state index is 12.3. The molecule has 1 heterocycles. The fourth-order valence-corrected chi connectivity index (χ4v) is 3.53. The van der Waals surface area contributed by atoms with Crippen molar-refractivity contribution in [1.82, 2.24) is 0 Å². The predicted molar refractivity (Wildman–Crippen MR) is 113 cm³/mol. The topological polar surface area (TPSA) is 63.0 Å². The number of hydrogen-bond acceptors (Lipinski definition) is 5. The van der Waals surface area contributed by atoms with Crippen LogP contribution in [0.15, 0.2) is 64.6 Å². The number of benzene rings is 2. The van der Waals surface area contributed by atoms with E-state index in [1.165, 1.54) is 11.8 Å². The van der Waals surface area contributed by atoms with Crippen LogP contribution >= 0.6 is 11.8 Å². The number of anilines is 1. The third-order valence-electron chi connectivity index (χ3n) is 4.33. The lowest BCUT2D eigenvalue weighted by molar-refractivity contribution is -0.113. The Balaban J connectivity index is 1.67. The number of carbonyl (C=O) groups is 1. The Morgan fingerprint density at radius 3 is 2.44 bits per heavy atom. The van der Waals surface area contributed by atoms with Gasteiger partial charge in [-0.15, -0.1) is 0 Å². The molecule has 0 saturated heterocycles. The summed E-state index contributed by atoms with van der Waals surface area (Å²) in [7, 11) is 1.61. The van der Waals surface area contributed by atoms with Gasteiger partial charge < -0.3 is 10.1 Å². The molecule has 1 amide bonds. The number of nitrogens with zero attached hydrogens (tertiary/aromatic N) is 2. The van der Waals surface area contributed by atoms with Crippen LogP contribution in [0.5, 0.6) is 5.75 Å². The van der Waals surface area contributed by atoms with Crippen molar-refractivity contribution < 1.29 is 9.53 Å². The zero-order valence-electron chi connectivity index (χ0n) is 15.7. The Morgan fingerprint density at radius 1 is 1.11 bits per heavy atom. The van der Waals surface area contributed by atoms with Crippen LogP contribution in [0.3, 0.4) is 0 Å². The van der Waals surface area contributed by atoms with Gasteiger partial charge in [0.05, 0.1) is 18.6 Å². The molecule has 5 nitrogen and oxygen atoms in total. The molecule has 2 aromatic rings. The van der Waals surface area contributed by atoms with Crippen LogP contribution < -0.4 is 10.1 Å². The first-order valence-electron chi connectivity index (χ1n) is 8.85. The van der Waals surface area contributed by atoms with Gasteiger partial charge in [-0.05, 0) is 37.6 Å². The zero-order chi connectivity index (χ0) is 19.3. The molecule has 1 aliphatic heterocycles. The highest BCUT2D eigenvalue weighted by atomic mass is 32.2. The van der Waals surface area contributed by atoms with E-state index in [2.05, 4.69) is 12.2 Å². The van der Waals surface area contributed by atoms with Gasteiger partial charge in [0.2, 0.25) is 5.91 Å². The van der Waals surface area contributed by atoms with Crippen molar-refractivity contribution in [3.05, 3.63) is 60.2 Å². The van der Waals surface area contributed by atoms with E-state index in [4.69, 9.17) is 14.7 Å². The van der Waals surface area contributed by atoms with Crippen LogP contribution in [0.4, 0.5) is 5.69 Å². The molecule has 0 fully saturated rings. The maximum Gasteiger partial charge on any atom is 0.234 e. The highest BCUT2D eigenvalue weighted by molar-refractivity contribution is 8.16. The van der Waals surface area contributed by atoms with E-state index in [1.807, 2.05) is 61.5 Å². The molecule has 0 aromatic heterocycles. The molecule has 0 radical (unpaired) electrons. The van der Waals surface area contributed by atoms with Gasteiger partial charge in [0.25, 0.3) is 0 Å². The fourth-order valence-electron chi connectivity index (χ4n) is 2.63. The Morgan fingerprint density at radius 2 is 1.81 bits per heavy atom. The molecular weight excluding hydrogens is 358 g/mol. The standard InChI is InChI=1S/C21H23N3O2S/c1-4-21(2)23-19(15-8-6-5-7-9-15)20(24-21)27-14-18(25)22-16-10-12-17(26-3)13-11-16/h5-13H,4,14H2,1-3H3,(H,22,25). The summed E-state index contributed by atoms with van der Waals surface area (Å²) in [6, 6.07) is 17.3. The molecular formula is C21H23N3O2S. The van der Waals surface area contributed by atoms with Gasteiger partial charge in [-0.2, -0.15) is 0 Å². The minimum atomic E-state index is -0.458. The van der Waals surface area contributed by atoms with Crippen LogP contribution in [0.2, 0.25) is 0 Å². The Labute approximate surface area is 164 Å². The number of methoxy groups -OCH3 is 1. The van der Waals surface area contributed by atoms with Crippen LogP contribution in [-0.4, -0.2) is 35.2 Å². The van der Waals surface area contributed by atoms with Crippen LogP contribution in [0.25, 0.3) is 0 Å². The van der Waals surface area contributed by atoms with Gasteiger partial charge in [0.1, 0.15) is 16.5 Å². The molecule has 0 aliphatic carbocycles. The third kappa shape index (κ3) is 4.77. The molecule has 1 unspecified atom stereocenters. The summed E-state index contributed by atoms with van der Waals surface area (Å²) < 4.78 is 5.13. The summed E-state index contributed by atoms with van der Waals surface area (Å²) in [4.78, 5) is 21.9. The molecule has 1 atom stereocenters. The average Bonchev–Trinajstić information content (AvgIpc) is 3.05. The molecule has 27 heavy (non-hydrogen) atoms. The van der Waals surface area contributed by atoms with Gasteiger partial charge in [-0.3, -0.25) is 9.79 Å². The lowest BCUT2D eigenvalue weighted by Gasteiger charge is -2.13. The van der Waals surface area contributed by atoms with E-state index in [0.29, 0.717) is 0 Å². The first-order chi connectivity index (χ1) is 13.0. The summed E-state index contributed by atoms with van der Waals surface area (Å²) in [6.45, 7) is 4.08. The van der Waals surface area contributed by atoms with E-state index < -0.39 is 5.66 Å². The lowest BCUT2D eigenvalue weighted by Crippen LogP contribution is -2.17. The van der Waals surface area contributed by atoms with Crippen molar-refractivity contribution >= 4 is 34.1 Å². The number of aliphatic imine (C=N–C) groups is 2. The van der Waals surface area contributed by atoms with E-state index in [-0.39, 0.29) is 11.7 Å². The third-order valence-corrected chi connectivity index (χ3v) is 5.29. The predicted octanol–water partition coefficient (Wildman–Crippen LogP) is 4.39. The molecule has 140 valence electrons. The van der Waals surface area contributed by atoms with Gasteiger partial charge in [0.15, 0.2) is 0 Å². The fraction of sp³-hybridized carbons (Fsp3) is 0.286. The second-order valence-electron chi connectivity index (χ2n) is 6.38. The van der Waals surface area contributed by atoms with Crippen LogP contribution in [0, 0.1) is 0 Å². The van der Waals surface area contributed by atoms with E-state index in [1.54, 1.807) is 7.11 Å². The van der Waals surface area contributed by atoms with Gasteiger partial charge in [0, 0.05) is 11.3 Å². The zero-order valence-corrected chi connectivity index (χ0v) is 16.5. The molecule has 0 saturated carbocycles. The van der Waals surface area contributed by atoms with E-state index in [9.17, 15) is 4.79 Å². The molecule has 1 aliphatic rings. The van der Waals surface area contributed by atoms with Crippen molar-refractivity contribution in [1.29, 1.82) is 0 Å². The number of carbonyl (C=O) groups excluding carboxylic acids is 1. The molecule has 3 rings (SSSR count). The van der Waals surface area contributed by atoms with Crippen molar-refractivity contribution in [3.63, 3.8) is 0 Å². The number of nitrogens with one attached hydrogen (secondary N) is 1. The van der Waals surface area contributed by atoms with Crippen molar-refractivity contribution in [2.75, 3.05) is 18.2 Å². The Bertz CT molecular complexity index is 863. The average molecular weight is 382 g/mol. The second-order valence-corrected chi connectivity index (χ2v) is 7.34. The SMILES string of the molecule is CCC1(C)N=C(SCC(=O)Nc2ccc(OC)cc2)C(c2ccccc2)=N1. The number of ether oxygens (including phenoxy) is 1. The summed E-state index contributed by atoms with van der Waals surface area (Å²) >= 11 is 1.42. The number of amides is 1. The molecule has 1 N–H and O–H groups in total. The smallest absolute Gasteiger partial charge is 0.234 e. The molecule has 6 heteroatoms.